The molecule has 0 aromatic heterocycles. The molecule has 10 nitrogen and oxygen atoms in total. The van der Waals surface area contributed by atoms with Crippen LogP contribution in [0, 0.1) is 0 Å². The number of carbonyl (C=O) groups is 2. The van der Waals surface area contributed by atoms with Crippen LogP contribution in [0.1, 0.15) is 25.7 Å². The average Bonchev–Trinajstić information content (AvgIpc) is 2.87. The summed E-state index contributed by atoms with van der Waals surface area (Å²) in [6, 6.07) is 8.28. The molecular formula is C24H30Cl3NO9. The fourth-order valence-corrected chi connectivity index (χ4v) is 4.01. The third-order valence-corrected chi connectivity index (χ3v) is 5.75. The second-order valence-electron chi connectivity index (χ2n) is 8.20. The highest BCUT2D eigenvalue weighted by molar-refractivity contribution is 6.67. The number of benzene rings is 1. The van der Waals surface area contributed by atoms with Gasteiger partial charge in [-0.15, -0.1) is 6.58 Å². The Bertz CT molecular complexity index is 901. The Labute approximate surface area is 230 Å². The predicted octanol–water partition coefficient (Wildman–Crippen LogP) is 3.83. The van der Waals surface area contributed by atoms with E-state index in [0.717, 1.165) is 5.56 Å². The van der Waals surface area contributed by atoms with E-state index in [9.17, 15) is 9.59 Å². The molecule has 1 N–H and O–H groups in total. The number of rotatable bonds is 10. The van der Waals surface area contributed by atoms with Crippen molar-refractivity contribution in [2.75, 3.05) is 26.4 Å². The summed E-state index contributed by atoms with van der Waals surface area (Å²) in [5.74, 6) is -0.585. The number of carbonyl (C=O) groups excluding carboxylic acids is 2. The highest BCUT2D eigenvalue weighted by atomic mass is 35.6. The molecule has 2 fully saturated rings. The van der Waals surface area contributed by atoms with Crippen molar-refractivity contribution in [3.63, 3.8) is 0 Å². The summed E-state index contributed by atoms with van der Waals surface area (Å²) in [6.07, 6.45) is -4.58. The third kappa shape index (κ3) is 8.69. The van der Waals surface area contributed by atoms with E-state index >= 15 is 0 Å². The molecule has 2 heterocycles. The van der Waals surface area contributed by atoms with Crippen LogP contribution in [0.5, 0.6) is 0 Å². The van der Waals surface area contributed by atoms with Crippen LogP contribution in [-0.2, 0) is 38.0 Å². The maximum absolute atomic E-state index is 12.6. The van der Waals surface area contributed by atoms with Crippen LogP contribution < -0.4 is 5.32 Å². The molecule has 1 aromatic carbocycles. The first-order valence-electron chi connectivity index (χ1n) is 11.6. The van der Waals surface area contributed by atoms with Gasteiger partial charge in [0.15, 0.2) is 18.7 Å². The van der Waals surface area contributed by atoms with Gasteiger partial charge in [-0.05, 0) is 13.8 Å². The average molecular weight is 583 g/mol. The predicted molar refractivity (Wildman–Crippen MR) is 134 cm³/mol. The zero-order chi connectivity index (χ0) is 27.0. The Balaban J connectivity index is 1.89. The molecule has 2 aliphatic rings. The van der Waals surface area contributed by atoms with Crippen molar-refractivity contribution in [1.82, 2.24) is 5.32 Å². The van der Waals surface area contributed by atoms with E-state index in [0.29, 0.717) is 0 Å². The summed E-state index contributed by atoms with van der Waals surface area (Å²) in [4.78, 5) is 25.1. The molecule has 0 radical (unpaired) electrons. The number of halogens is 3. The Morgan fingerprint density at radius 3 is 2.59 bits per heavy atom. The Kier molecular flexibility index (Phi) is 11.3. The van der Waals surface area contributed by atoms with Gasteiger partial charge in [0, 0.05) is 5.56 Å². The maximum atomic E-state index is 12.6. The molecule has 206 valence electrons. The highest BCUT2D eigenvalue weighted by Gasteiger charge is 2.52. The molecule has 2 aliphatic heterocycles. The van der Waals surface area contributed by atoms with Gasteiger partial charge in [0.25, 0.3) is 0 Å². The molecule has 2 unspecified atom stereocenters. The van der Waals surface area contributed by atoms with E-state index in [-0.39, 0.29) is 19.8 Å². The second-order valence-corrected chi connectivity index (χ2v) is 10.7. The van der Waals surface area contributed by atoms with Crippen molar-refractivity contribution in [2.45, 2.75) is 60.7 Å². The lowest BCUT2D eigenvalue weighted by Crippen LogP contribution is -2.68. The van der Waals surface area contributed by atoms with E-state index < -0.39 is 65.5 Å². The van der Waals surface area contributed by atoms with Gasteiger partial charge in [-0.1, -0.05) is 71.2 Å². The maximum Gasteiger partial charge on any atom is 0.407 e. The number of hydrogen-bond acceptors (Lipinski definition) is 9. The number of amides is 1. The van der Waals surface area contributed by atoms with E-state index in [4.69, 9.17) is 68.0 Å². The molecular weight excluding hydrogens is 553 g/mol. The van der Waals surface area contributed by atoms with Crippen molar-refractivity contribution >= 4 is 46.9 Å². The largest absolute Gasteiger partial charge is 0.464 e. The van der Waals surface area contributed by atoms with E-state index in [1.165, 1.54) is 13.0 Å². The minimum Gasteiger partial charge on any atom is -0.464 e. The smallest absolute Gasteiger partial charge is 0.407 e. The van der Waals surface area contributed by atoms with Crippen molar-refractivity contribution in [3.05, 3.63) is 48.6 Å². The number of alkyl carbamates (subject to hydrolysis) is 1. The first-order valence-corrected chi connectivity index (χ1v) is 12.8. The lowest BCUT2D eigenvalue weighted by molar-refractivity contribution is -0.349. The summed E-state index contributed by atoms with van der Waals surface area (Å²) >= 11 is 17.1. The summed E-state index contributed by atoms with van der Waals surface area (Å²) in [7, 11) is 0. The quantitative estimate of drug-likeness (QED) is 0.250. The van der Waals surface area contributed by atoms with E-state index in [1.54, 1.807) is 6.92 Å². The summed E-state index contributed by atoms with van der Waals surface area (Å²) in [6.45, 7) is 6.76. The van der Waals surface area contributed by atoms with E-state index in [2.05, 4.69) is 11.9 Å². The molecule has 3 rings (SSSR count). The van der Waals surface area contributed by atoms with Crippen LogP contribution in [0.25, 0.3) is 0 Å². The Morgan fingerprint density at radius 2 is 1.95 bits per heavy atom. The first kappa shape index (κ1) is 29.9. The van der Waals surface area contributed by atoms with Crippen LogP contribution in [0.3, 0.4) is 0 Å². The highest BCUT2D eigenvalue weighted by Crippen LogP contribution is 2.36. The zero-order valence-electron chi connectivity index (χ0n) is 20.3. The first-order chi connectivity index (χ1) is 17.6. The number of alkyl halides is 3. The number of ether oxygens (including phenoxy) is 7. The fraction of sp³-hybridized carbons (Fsp3) is 0.583. The van der Waals surface area contributed by atoms with Crippen molar-refractivity contribution in [2.24, 2.45) is 0 Å². The van der Waals surface area contributed by atoms with Gasteiger partial charge in [-0.3, -0.25) is 0 Å². The third-order valence-electron chi connectivity index (χ3n) is 5.42. The monoisotopic (exact) mass is 581 g/mol. The number of esters is 1. The fourth-order valence-electron chi connectivity index (χ4n) is 3.85. The molecule has 1 aromatic rings. The minimum atomic E-state index is -1.81. The second kappa shape index (κ2) is 14.0. The number of hydrogen-bond donors (Lipinski definition) is 1. The van der Waals surface area contributed by atoms with Crippen molar-refractivity contribution in [1.29, 1.82) is 0 Å². The molecule has 13 heteroatoms. The van der Waals surface area contributed by atoms with Crippen LogP contribution in [-0.4, -0.2) is 79.0 Å². The molecule has 0 saturated carbocycles. The molecule has 7 atom stereocenters. The normalized spacial score (nSPS) is 28.5. The molecule has 2 saturated heterocycles. The van der Waals surface area contributed by atoms with Gasteiger partial charge in [-0.2, -0.15) is 0 Å². The summed E-state index contributed by atoms with van der Waals surface area (Å²) in [5, 5.41) is 2.65. The standard InChI is InChI=1S/C24H30Cl3NO9/c1-4-11-32-22-17(28-23(30)34-13-24(25,26)27)19(35-14(3)20(29)31-5-2)18-16(36-22)12-33-21(37-18)15-9-7-6-8-10-15/h4,6-10,14,16-19,21-22H,1,5,11-13H2,2-3H3,(H,28,30)/t14?,16-,17-,18-,19-,21?,22+/m1/s1. The molecule has 37 heavy (non-hydrogen) atoms. The van der Waals surface area contributed by atoms with Crippen LogP contribution >= 0.6 is 34.8 Å². The lowest BCUT2D eigenvalue weighted by atomic mass is 9.95. The van der Waals surface area contributed by atoms with Crippen LogP contribution in [0.15, 0.2) is 43.0 Å². The van der Waals surface area contributed by atoms with E-state index in [1.807, 2.05) is 30.3 Å². The molecule has 0 bridgehead atoms. The van der Waals surface area contributed by atoms with Gasteiger partial charge in [0.2, 0.25) is 3.79 Å². The Morgan fingerprint density at radius 1 is 1.22 bits per heavy atom. The van der Waals surface area contributed by atoms with Gasteiger partial charge in [-0.25, -0.2) is 9.59 Å². The van der Waals surface area contributed by atoms with Gasteiger partial charge >= 0.3 is 12.1 Å². The van der Waals surface area contributed by atoms with Crippen molar-refractivity contribution in [3.8, 4) is 0 Å². The number of nitrogens with one attached hydrogen (secondary N) is 1. The number of fused-ring (bicyclic) bond motifs is 1. The summed E-state index contributed by atoms with van der Waals surface area (Å²) < 4.78 is 38.5. The van der Waals surface area contributed by atoms with Gasteiger partial charge in [0.05, 0.1) is 19.8 Å². The van der Waals surface area contributed by atoms with Crippen molar-refractivity contribution < 1.29 is 42.7 Å². The zero-order valence-corrected chi connectivity index (χ0v) is 22.6. The minimum absolute atomic E-state index is 0.0952. The van der Waals surface area contributed by atoms with Crippen LogP contribution in [0.2, 0.25) is 0 Å². The van der Waals surface area contributed by atoms with Gasteiger partial charge < -0.3 is 38.5 Å². The van der Waals surface area contributed by atoms with Gasteiger partial charge in [0.1, 0.15) is 31.0 Å². The van der Waals surface area contributed by atoms with Crippen LogP contribution in [0.4, 0.5) is 4.79 Å². The molecule has 0 aliphatic carbocycles. The SMILES string of the molecule is C=CCO[C@H]1O[C@@H]2COC(c3ccccc3)O[C@H]2[C@H](OC(C)C(=O)OCC)[C@H]1NC(=O)OCC(Cl)(Cl)Cl. The molecule has 1 amide bonds. The summed E-state index contributed by atoms with van der Waals surface area (Å²) in [5.41, 5.74) is 0.773. The molecule has 0 spiro atoms. The topological polar surface area (TPSA) is 111 Å². The Hall–Kier alpha value is -1.63. The lowest BCUT2D eigenvalue weighted by Gasteiger charge is -2.49.